The number of pyridine rings is 1. The van der Waals surface area contributed by atoms with Gasteiger partial charge in [-0.05, 0) is 42.5 Å². The average molecular weight is 358 g/mol. The maximum Gasteiger partial charge on any atom is 0.137 e. The first kappa shape index (κ1) is 16.3. The van der Waals surface area contributed by atoms with Gasteiger partial charge in [-0.2, -0.15) is 0 Å². The number of benzene rings is 2. The molecule has 0 radical (unpaired) electrons. The van der Waals surface area contributed by atoms with Crippen molar-refractivity contribution in [3.8, 4) is 11.8 Å². The number of hydrogen-bond acceptors (Lipinski definition) is 2. The van der Waals surface area contributed by atoms with Gasteiger partial charge in [0.15, 0.2) is 0 Å². The molecule has 126 valence electrons. The maximum atomic E-state index is 6.02. The number of fused-ring (bicyclic) bond motifs is 1. The van der Waals surface area contributed by atoms with Crippen molar-refractivity contribution in [2.45, 2.75) is 6.54 Å². The van der Waals surface area contributed by atoms with Gasteiger partial charge < -0.3 is 9.72 Å². The fourth-order valence-electron chi connectivity index (χ4n) is 2.67. The minimum Gasteiger partial charge on any atom is -0.379 e. The van der Waals surface area contributed by atoms with Crippen LogP contribution >= 0.6 is 11.6 Å². The van der Waals surface area contributed by atoms with E-state index in [1.54, 1.807) is 0 Å². The monoisotopic (exact) mass is 357 g/mol. The fraction of sp³-hybridized carbons (Fsp3) is 0.0455. The highest BCUT2D eigenvalue weighted by Crippen LogP contribution is 2.14. The second kappa shape index (κ2) is 7.35. The van der Waals surface area contributed by atoms with Crippen molar-refractivity contribution < 1.29 is 0 Å². The summed E-state index contributed by atoms with van der Waals surface area (Å²) in [5.41, 5.74) is 4.83. The molecule has 0 unspecified atom stereocenters. The van der Waals surface area contributed by atoms with Crippen molar-refractivity contribution >= 4 is 22.9 Å². The Morgan fingerprint density at radius 3 is 2.58 bits per heavy atom. The van der Waals surface area contributed by atoms with Gasteiger partial charge in [0.1, 0.15) is 5.65 Å². The van der Waals surface area contributed by atoms with Crippen LogP contribution in [0.4, 0.5) is 5.69 Å². The van der Waals surface area contributed by atoms with Gasteiger partial charge in [0.2, 0.25) is 0 Å². The second-order valence-electron chi connectivity index (χ2n) is 5.90. The first-order chi connectivity index (χ1) is 12.8. The van der Waals surface area contributed by atoms with Crippen LogP contribution in [-0.4, -0.2) is 9.38 Å². The van der Waals surface area contributed by atoms with Crippen LogP contribution in [0.3, 0.4) is 0 Å². The van der Waals surface area contributed by atoms with Gasteiger partial charge in [0.25, 0.3) is 0 Å². The lowest BCUT2D eigenvalue weighted by Gasteiger charge is -2.04. The zero-order chi connectivity index (χ0) is 17.8. The Balaban J connectivity index is 1.47. The molecule has 1 N–H and O–H groups in total. The molecular formula is C22H16ClN3. The Hall–Kier alpha value is -3.22. The van der Waals surface area contributed by atoms with Crippen LogP contribution in [0.5, 0.6) is 0 Å². The van der Waals surface area contributed by atoms with Crippen molar-refractivity contribution in [3.63, 3.8) is 0 Å². The summed E-state index contributed by atoms with van der Waals surface area (Å²) in [6, 6.07) is 21.8. The molecule has 0 aliphatic carbocycles. The lowest BCUT2D eigenvalue weighted by atomic mass is 10.1. The predicted octanol–water partition coefficient (Wildman–Crippen LogP) is 5.00. The molecule has 26 heavy (non-hydrogen) atoms. The molecule has 0 saturated carbocycles. The van der Waals surface area contributed by atoms with E-state index in [1.165, 1.54) is 0 Å². The summed E-state index contributed by atoms with van der Waals surface area (Å²) >= 11 is 6.02. The molecule has 0 saturated heterocycles. The van der Waals surface area contributed by atoms with Crippen molar-refractivity contribution in [3.05, 3.63) is 101 Å². The zero-order valence-corrected chi connectivity index (χ0v) is 14.7. The van der Waals surface area contributed by atoms with Crippen LogP contribution in [0.25, 0.3) is 5.65 Å². The third-order valence-electron chi connectivity index (χ3n) is 3.93. The Labute approximate surface area is 157 Å². The first-order valence-corrected chi connectivity index (χ1v) is 8.68. The number of nitrogens with one attached hydrogen (secondary N) is 1. The number of anilines is 1. The van der Waals surface area contributed by atoms with Gasteiger partial charge in [-0.15, -0.1) is 0 Å². The minimum atomic E-state index is 0.634. The summed E-state index contributed by atoms with van der Waals surface area (Å²) in [6.45, 7) is 0.634. The molecule has 0 atom stereocenters. The van der Waals surface area contributed by atoms with Gasteiger partial charge in [0.05, 0.1) is 17.3 Å². The van der Waals surface area contributed by atoms with Crippen molar-refractivity contribution in [1.82, 2.24) is 9.38 Å². The summed E-state index contributed by atoms with van der Waals surface area (Å²) < 4.78 is 1.93. The molecule has 4 rings (SSSR count). The number of rotatable bonds is 3. The van der Waals surface area contributed by atoms with E-state index < -0.39 is 0 Å². The lowest BCUT2D eigenvalue weighted by Crippen LogP contribution is -1.99. The second-order valence-corrected chi connectivity index (χ2v) is 6.33. The van der Waals surface area contributed by atoms with Gasteiger partial charge in [0, 0.05) is 29.2 Å². The van der Waals surface area contributed by atoms with Crippen LogP contribution in [0.15, 0.2) is 79.1 Å². The number of imidazole rings is 1. The van der Waals surface area contributed by atoms with E-state index in [0.29, 0.717) is 11.6 Å². The smallest absolute Gasteiger partial charge is 0.137 e. The van der Waals surface area contributed by atoms with E-state index in [0.717, 1.165) is 28.2 Å². The molecule has 0 aliphatic rings. The largest absolute Gasteiger partial charge is 0.379 e. The molecule has 2 aromatic heterocycles. The lowest BCUT2D eigenvalue weighted by molar-refractivity contribution is 1.08. The Morgan fingerprint density at radius 1 is 0.885 bits per heavy atom. The van der Waals surface area contributed by atoms with E-state index in [9.17, 15) is 0 Å². The minimum absolute atomic E-state index is 0.634. The van der Waals surface area contributed by atoms with Crippen LogP contribution in [0.1, 0.15) is 16.8 Å². The van der Waals surface area contributed by atoms with Crippen LogP contribution in [0, 0.1) is 11.8 Å². The normalized spacial score (nSPS) is 10.3. The fourth-order valence-corrected chi connectivity index (χ4v) is 2.84. The third kappa shape index (κ3) is 3.88. The van der Waals surface area contributed by atoms with E-state index in [4.69, 9.17) is 11.6 Å². The van der Waals surface area contributed by atoms with E-state index in [-0.39, 0.29) is 0 Å². The summed E-state index contributed by atoms with van der Waals surface area (Å²) in [7, 11) is 0. The quantitative estimate of drug-likeness (QED) is 0.523. The standard InChI is InChI=1S/C22H16ClN3/c23-19-11-12-22-25-21(16-26(22)15-19)14-24-20-8-4-7-18(13-20)10-9-17-5-2-1-3-6-17/h1-8,11-13,15-16,24H,14H2. The third-order valence-corrected chi connectivity index (χ3v) is 4.15. The topological polar surface area (TPSA) is 29.3 Å². The number of halogens is 1. The van der Waals surface area contributed by atoms with Crippen LogP contribution < -0.4 is 5.32 Å². The van der Waals surface area contributed by atoms with Gasteiger partial charge in [-0.3, -0.25) is 0 Å². The Morgan fingerprint density at radius 2 is 1.69 bits per heavy atom. The number of nitrogens with zero attached hydrogens (tertiary/aromatic N) is 2. The predicted molar refractivity (Wildman–Crippen MR) is 106 cm³/mol. The summed E-state index contributed by atoms with van der Waals surface area (Å²) in [6.07, 6.45) is 3.83. The number of hydrogen-bond donors (Lipinski definition) is 1. The van der Waals surface area contributed by atoms with Gasteiger partial charge >= 0.3 is 0 Å². The molecular weight excluding hydrogens is 342 g/mol. The van der Waals surface area contributed by atoms with Crippen molar-refractivity contribution in [1.29, 1.82) is 0 Å². The Kier molecular flexibility index (Phi) is 4.59. The average Bonchev–Trinajstić information content (AvgIpc) is 3.08. The zero-order valence-electron chi connectivity index (χ0n) is 14.0. The van der Waals surface area contributed by atoms with Crippen molar-refractivity contribution in [2.75, 3.05) is 5.32 Å². The van der Waals surface area contributed by atoms with Crippen LogP contribution in [-0.2, 0) is 6.54 Å². The SMILES string of the molecule is Clc1ccc2nc(CNc3cccc(C#Cc4ccccc4)c3)cn2c1. The van der Waals surface area contributed by atoms with Crippen LogP contribution in [0.2, 0.25) is 5.02 Å². The molecule has 2 aromatic carbocycles. The summed E-state index contributed by atoms with van der Waals surface area (Å²) in [5, 5.41) is 4.09. The summed E-state index contributed by atoms with van der Waals surface area (Å²) in [5.74, 6) is 6.38. The van der Waals surface area contributed by atoms with E-state index in [1.807, 2.05) is 83.5 Å². The summed E-state index contributed by atoms with van der Waals surface area (Å²) in [4.78, 5) is 4.58. The molecule has 0 amide bonds. The molecule has 4 aromatic rings. The molecule has 0 fully saturated rings. The molecule has 0 spiro atoms. The first-order valence-electron chi connectivity index (χ1n) is 8.30. The molecule has 0 aliphatic heterocycles. The van der Waals surface area contributed by atoms with Gasteiger partial charge in [-0.25, -0.2) is 4.98 Å². The molecule has 3 nitrogen and oxygen atoms in total. The van der Waals surface area contributed by atoms with Crippen molar-refractivity contribution in [2.24, 2.45) is 0 Å². The van der Waals surface area contributed by atoms with E-state index >= 15 is 0 Å². The highest BCUT2D eigenvalue weighted by atomic mass is 35.5. The van der Waals surface area contributed by atoms with E-state index in [2.05, 4.69) is 22.1 Å². The Bertz CT molecular complexity index is 1100. The highest BCUT2D eigenvalue weighted by molar-refractivity contribution is 6.30. The van der Waals surface area contributed by atoms with Gasteiger partial charge in [-0.1, -0.05) is 47.7 Å². The number of aromatic nitrogens is 2. The molecule has 0 bridgehead atoms. The maximum absolute atomic E-state index is 6.02. The highest BCUT2D eigenvalue weighted by Gasteiger charge is 2.02. The molecule has 4 heteroatoms. The molecule has 2 heterocycles.